The zero-order chi connectivity index (χ0) is 14.6. The maximum absolute atomic E-state index is 12.0. The molecule has 0 bridgehead atoms. The van der Waals surface area contributed by atoms with Crippen molar-refractivity contribution in [2.75, 3.05) is 19.3 Å². The van der Waals surface area contributed by atoms with Gasteiger partial charge < -0.3 is 10.0 Å². The van der Waals surface area contributed by atoms with E-state index in [0.29, 0.717) is 31.7 Å². The van der Waals surface area contributed by atoms with Crippen LogP contribution in [-0.4, -0.2) is 55.8 Å². The van der Waals surface area contributed by atoms with Gasteiger partial charge in [-0.25, -0.2) is 13.1 Å². The second kappa shape index (κ2) is 6.67. The number of aliphatic hydroxyl groups excluding tert-OH is 1. The van der Waals surface area contributed by atoms with Crippen LogP contribution in [0.5, 0.6) is 0 Å². The highest BCUT2D eigenvalue weighted by Gasteiger charge is 2.30. The molecule has 0 spiro atoms. The molecule has 1 aliphatic rings. The summed E-state index contributed by atoms with van der Waals surface area (Å²) in [7, 11) is -1.71. The number of hydrogen-bond acceptors (Lipinski definition) is 4. The molecule has 0 aromatic heterocycles. The molecule has 0 aromatic carbocycles. The zero-order valence-corrected chi connectivity index (χ0v) is 12.6. The molecule has 1 rings (SSSR count). The second-order valence-corrected chi connectivity index (χ2v) is 7.24. The van der Waals surface area contributed by atoms with E-state index in [1.165, 1.54) is 4.90 Å². The van der Waals surface area contributed by atoms with Gasteiger partial charge in [0.15, 0.2) is 0 Å². The van der Waals surface area contributed by atoms with Gasteiger partial charge in [0.05, 0.1) is 17.9 Å². The van der Waals surface area contributed by atoms with Crippen LogP contribution in [0, 0.1) is 5.92 Å². The first-order chi connectivity index (χ1) is 8.75. The van der Waals surface area contributed by atoms with E-state index in [2.05, 4.69) is 4.72 Å². The molecule has 6 nitrogen and oxygen atoms in total. The Morgan fingerprint density at radius 3 is 2.53 bits per heavy atom. The Labute approximate surface area is 115 Å². The van der Waals surface area contributed by atoms with E-state index in [1.54, 1.807) is 20.9 Å². The number of sulfonamides is 1. The lowest BCUT2D eigenvalue weighted by atomic mass is 9.82. The van der Waals surface area contributed by atoms with E-state index < -0.39 is 16.1 Å². The van der Waals surface area contributed by atoms with Crippen LogP contribution in [0.2, 0.25) is 0 Å². The van der Waals surface area contributed by atoms with E-state index in [4.69, 9.17) is 0 Å². The van der Waals surface area contributed by atoms with Crippen LogP contribution in [0.4, 0.5) is 0 Å². The summed E-state index contributed by atoms with van der Waals surface area (Å²) in [5.41, 5.74) is 0. The van der Waals surface area contributed by atoms with E-state index in [-0.39, 0.29) is 17.8 Å². The molecule has 0 aliphatic heterocycles. The number of rotatable bonds is 7. The molecular weight excluding hydrogens is 268 g/mol. The van der Waals surface area contributed by atoms with Crippen molar-refractivity contribution in [3.63, 3.8) is 0 Å². The van der Waals surface area contributed by atoms with Crippen LogP contribution in [0.25, 0.3) is 0 Å². The molecule has 19 heavy (non-hydrogen) atoms. The molecule has 0 saturated heterocycles. The van der Waals surface area contributed by atoms with Crippen LogP contribution in [0.15, 0.2) is 0 Å². The smallest absolute Gasteiger partial charge is 0.240 e. The molecule has 1 saturated carbocycles. The zero-order valence-electron chi connectivity index (χ0n) is 11.8. The predicted octanol–water partition coefficient (Wildman–Crippen LogP) is -0.0664. The average Bonchev–Trinajstić information content (AvgIpc) is 2.24. The largest absolute Gasteiger partial charge is 0.393 e. The lowest BCUT2D eigenvalue weighted by molar-refractivity contribution is -0.132. The second-order valence-electron chi connectivity index (χ2n) is 5.37. The van der Waals surface area contributed by atoms with Gasteiger partial charge in [-0.2, -0.15) is 0 Å². The lowest BCUT2D eigenvalue weighted by Gasteiger charge is -2.35. The first-order valence-corrected chi connectivity index (χ1v) is 8.33. The molecule has 2 N–H and O–H groups in total. The van der Waals surface area contributed by atoms with Crippen molar-refractivity contribution < 1.29 is 18.3 Å². The minimum atomic E-state index is -3.38. The maximum Gasteiger partial charge on any atom is 0.240 e. The van der Waals surface area contributed by atoms with Crippen molar-refractivity contribution in [2.24, 2.45) is 5.92 Å². The van der Waals surface area contributed by atoms with Gasteiger partial charge >= 0.3 is 0 Å². The van der Waals surface area contributed by atoms with Crippen LogP contribution in [0.3, 0.4) is 0 Å². The lowest BCUT2D eigenvalue weighted by Crippen LogP contribution is -2.48. The van der Waals surface area contributed by atoms with Gasteiger partial charge in [0.2, 0.25) is 15.9 Å². The number of aliphatic hydroxyl groups is 1. The van der Waals surface area contributed by atoms with Gasteiger partial charge in [0.1, 0.15) is 0 Å². The van der Waals surface area contributed by atoms with E-state index in [9.17, 15) is 18.3 Å². The fourth-order valence-corrected chi connectivity index (χ4v) is 3.60. The standard InChI is InChI=1S/C12H24N2O4S/c1-4-5-19(17,18)13-9(2)12(16)14(3)8-10-6-11(15)7-10/h9-11,13,15H,4-8H2,1-3H3. The van der Waals surface area contributed by atoms with Gasteiger partial charge in [0, 0.05) is 13.6 Å². The highest BCUT2D eigenvalue weighted by atomic mass is 32.2. The Balaban J connectivity index is 2.43. The van der Waals surface area contributed by atoms with Crippen LogP contribution in [0.1, 0.15) is 33.1 Å². The Bertz CT molecular complexity index is 404. The van der Waals surface area contributed by atoms with Crippen molar-refractivity contribution in [3.05, 3.63) is 0 Å². The first kappa shape index (κ1) is 16.4. The molecule has 1 unspecified atom stereocenters. The van der Waals surface area contributed by atoms with E-state index in [1.807, 2.05) is 0 Å². The maximum atomic E-state index is 12.0. The molecule has 1 aliphatic carbocycles. The molecule has 1 amide bonds. The minimum Gasteiger partial charge on any atom is -0.393 e. The van der Waals surface area contributed by atoms with Crippen molar-refractivity contribution in [2.45, 2.75) is 45.3 Å². The number of carbonyl (C=O) groups is 1. The van der Waals surface area contributed by atoms with Gasteiger partial charge in [-0.05, 0) is 32.1 Å². The van der Waals surface area contributed by atoms with Gasteiger partial charge in [-0.3, -0.25) is 4.79 Å². The molecule has 0 heterocycles. The third kappa shape index (κ3) is 5.08. The molecule has 0 radical (unpaired) electrons. The highest BCUT2D eigenvalue weighted by Crippen LogP contribution is 2.27. The molecule has 7 heteroatoms. The molecule has 0 aromatic rings. The van der Waals surface area contributed by atoms with Crippen molar-refractivity contribution in [1.29, 1.82) is 0 Å². The van der Waals surface area contributed by atoms with Gasteiger partial charge in [-0.15, -0.1) is 0 Å². The number of nitrogens with zero attached hydrogens (tertiary/aromatic N) is 1. The summed E-state index contributed by atoms with van der Waals surface area (Å²) in [4.78, 5) is 13.6. The fraction of sp³-hybridized carbons (Fsp3) is 0.917. The molecular formula is C12H24N2O4S. The van der Waals surface area contributed by atoms with Gasteiger partial charge in [-0.1, -0.05) is 6.92 Å². The molecule has 1 fully saturated rings. The summed E-state index contributed by atoms with van der Waals surface area (Å²) in [6, 6.07) is -0.744. The highest BCUT2D eigenvalue weighted by molar-refractivity contribution is 7.89. The Morgan fingerprint density at radius 2 is 2.05 bits per heavy atom. The first-order valence-electron chi connectivity index (χ1n) is 6.68. The number of likely N-dealkylation sites (N-methyl/N-ethyl adjacent to an activating group) is 1. The topological polar surface area (TPSA) is 86.7 Å². The summed E-state index contributed by atoms with van der Waals surface area (Å²) in [6.45, 7) is 3.90. The minimum absolute atomic E-state index is 0.0309. The summed E-state index contributed by atoms with van der Waals surface area (Å²) in [5.74, 6) is 0.118. The number of carbonyl (C=O) groups excluding carboxylic acids is 1. The monoisotopic (exact) mass is 292 g/mol. The number of nitrogens with one attached hydrogen (secondary N) is 1. The third-order valence-electron chi connectivity index (χ3n) is 3.32. The Hall–Kier alpha value is -0.660. The average molecular weight is 292 g/mol. The quantitative estimate of drug-likeness (QED) is 0.688. The van der Waals surface area contributed by atoms with Gasteiger partial charge in [0.25, 0.3) is 0 Å². The number of amides is 1. The SMILES string of the molecule is CCCS(=O)(=O)NC(C)C(=O)N(C)CC1CC(O)C1. The van der Waals surface area contributed by atoms with Crippen molar-refractivity contribution >= 4 is 15.9 Å². The summed E-state index contributed by atoms with van der Waals surface area (Å²) < 4.78 is 25.6. The third-order valence-corrected chi connectivity index (χ3v) is 4.98. The Morgan fingerprint density at radius 1 is 1.47 bits per heavy atom. The van der Waals surface area contributed by atoms with E-state index in [0.717, 1.165) is 0 Å². The fourth-order valence-electron chi connectivity index (χ4n) is 2.30. The van der Waals surface area contributed by atoms with E-state index >= 15 is 0 Å². The van der Waals surface area contributed by atoms with Crippen LogP contribution in [-0.2, 0) is 14.8 Å². The Kier molecular flexibility index (Phi) is 5.76. The normalized spacial score (nSPS) is 24.6. The summed E-state index contributed by atoms with van der Waals surface area (Å²) in [5, 5.41) is 9.20. The summed E-state index contributed by atoms with van der Waals surface area (Å²) in [6.07, 6.45) is 1.71. The summed E-state index contributed by atoms with van der Waals surface area (Å²) >= 11 is 0. The van der Waals surface area contributed by atoms with Crippen molar-refractivity contribution in [3.8, 4) is 0 Å². The van der Waals surface area contributed by atoms with Crippen LogP contribution < -0.4 is 4.72 Å². The molecule has 112 valence electrons. The molecule has 1 atom stereocenters. The van der Waals surface area contributed by atoms with Crippen LogP contribution >= 0.6 is 0 Å². The predicted molar refractivity (Wildman–Crippen MR) is 73.0 cm³/mol. The number of hydrogen-bond donors (Lipinski definition) is 2. The van der Waals surface area contributed by atoms with Crippen molar-refractivity contribution in [1.82, 2.24) is 9.62 Å².